The number of thiol groups is 1. The molecule has 34 heavy (non-hydrogen) atoms. The average Bonchev–Trinajstić information content (AvgIpc) is 3.20. The number of nitrogens with zero attached hydrogens (tertiary/aromatic N) is 1. The lowest BCUT2D eigenvalue weighted by Crippen LogP contribution is -2.06. The van der Waals surface area contributed by atoms with E-state index in [0.717, 1.165) is 41.9 Å². The summed E-state index contributed by atoms with van der Waals surface area (Å²) >= 11 is 4.79. The topological polar surface area (TPSA) is 54.3 Å². The second-order valence-electron chi connectivity index (χ2n) is 8.51. The Morgan fingerprint density at radius 1 is 1.15 bits per heavy atom. The van der Waals surface area contributed by atoms with E-state index in [1.807, 2.05) is 35.2 Å². The van der Waals surface area contributed by atoms with Crippen LogP contribution < -0.4 is 4.74 Å². The first-order valence-electron chi connectivity index (χ1n) is 11.8. The molecule has 0 aliphatic carbocycles. The number of para-hydroxylation sites is 1. The van der Waals surface area contributed by atoms with Gasteiger partial charge in [-0.25, -0.2) is 0 Å². The van der Waals surface area contributed by atoms with Gasteiger partial charge in [-0.15, -0.1) is 3.98 Å². The van der Waals surface area contributed by atoms with Gasteiger partial charge in [0.05, 0.1) is 12.2 Å². The van der Waals surface area contributed by atoms with E-state index in [0.29, 0.717) is 24.6 Å². The quantitative estimate of drug-likeness (QED) is 0.175. The molecule has 6 heteroatoms. The molecule has 2 aromatic rings. The zero-order valence-electron chi connectivity index (χ0n) is 21.0. The zero-order valence-corrected chi connectivity index (χ0v) is 21.9. The molecule has 1 aliphatic heterocycles. The Kier molecular flexibility index (Phi) is 8.61. The van der Waals surface area contributed by atoms with E-state index in [2.05, 4.69) is 45.7 Å². The number of aryl methyl sites for hydroxylation is 1. The minimum Gasteiger partial charge on any atom is -0.493 e. The maximum absolute atomic E-state index is 10.9. The summed E-state index contributed by atoms with van der Waals surface area (Å²) < 4.78 is 13.2. The summed E-state index contributed by atoms with van der Waals surface area (Å²) in [6.07, 6.45) is 7.04. The number of H-pyrrole nitrogens is 1. The van der Waals surface area contributed by atoms with E-state index in [1.54, 1.807) is 6.07 Å². The average molecular weight is 480 g/mol. The molecular weight excluding hydrogens is 444 g/mol. The van der Waals surface area contributed by atoms with Crippen molar-refractivity contribution in [2.45, 2.75) is 60.8 Å². The third kappa shape index (κ3) is 5.22. The summed E-state index contributed by atoms with van der Waals surface area (Å²) in [5, 5.41) is 0. The highest BCUT2D eigenvalue weighted by Crippen LogP contribution is 2.32. The number of rotatable bonds is 10. The number of hydrogen-bond acceptors (Lipinski definition) is 4. The van der Waals surface area contributed by atoms with Gasteiger partial charge in [-0.05, 0) is 63.5 Å². The highest BCUT2D eigenvalue weighted by atomic mass is 32.1. The summed E-state index contributed by atoms with van der Waals surface area (Å²) in [5.74, 6) is 1.17. The van der Waals surface area contributed by atoms with Gasteiger partial charge in [0.1, 0.15) is 24.3 Å². The predicted octanol–water partition coefficient (Wildman–Crippen LogP) is 6.58. The van der Waals surface area contributed by atoms with Crippen molar-refractivity contribution in [1.82, 2.24) is 4.98 Å². The lowest BCUT2D eigenvalue weighted by Gasteiger charge is -2.13. The molecule has 0 bridgehead atoms. The fraction of sp³-hybridized carbons (Fsp3) is 0.357. The van der Waals surface area contributed by atoms with Crippen molar-refractivity contribution in [3.63, 3.8) is 0 Å². The molecule has 0 spiro atoms. The SMILES string of the molecule is C/C=C(/OCCC1=C(C)/C(=C/c2[nH]c(C)c(CCC)c2C)[N+](S)=C1C)c1ccccc1OC=O. The van der Waals surface area contributed by atoms with Crippen LogP contribution in [0.15, 0.2) is 47.2 Å². The first kappa shape index (κ1) is 25.6. The van der Waals surface area contributed by atoms with E-state index in [9.17, 15) is 4.79 Å². The Morgan fingerprint density at radius 3 is 2.56 bits per heavy atom. The summed E-state index contributed by atoms with van der Waals surface area (Å²) in [6.45, 7) is 13.6. The van der Waals surface area contributed by atoms with Crippen LogP contribution in [0.25, 0.3) is 11.8 Å². The van der Waals surface area contributed by atoms with Crippen LogP contribution in [0.3, 0.4) is 0 Å². The smallest absolute Gasteiger partial charge is 0.298 e. The molecule has 5 nitrogen and oxygen atoms in total. The molecule has 180 valence electrons. The molecule has 0 unspecified atom stereocenters. The molecule has 1 aromatic heterocycles. The number of aromatic nitrogens is 1. The molecular formula is C28H35N2O3S+. The van der Waals surface area contributed by atoms with Crippen molar-refractivity contribution < 1.29 is 18.2 Å². The van der Waals surface area contributed by atoms with E-state index < -0.39 is 0 Å². The molecule has 2 heterocycles. The summed E-state index contributed by atoms with van der Waals surface area (Å²) in [6, 6.07) is 7.36. The lowest BCUT2D eigenvalue weighted by atomic mass is 10.0. The second-order valence-corrected chi connectivity index (χ2v) is 8.91. The maximum atomic E-state index is 10.9. The minimum absolute atomic E-state index is 0.435. The fourth-order valence-corrected chi connectivity index (χ4v) is 4.89. The van der Waals surface area contributed by atoms with Crippen LogP contribution in [-0.2, 0) is 16.0 Å². The molecule has 0 amide bonds. The highest BCUT2D eigenvalue weighted by Gasteiger charge is 2.31. The van der Waals surface area contributed by atoms with Crippen molar-refractivity contribution in [3.8, 4) is 5.75 Å². The van der Waals surface area contributed by atoms with Crippen LogP contribution in [0.1, 0.15) is 68.6 Å². The number of aromatic amines is 1. The number of nitrogens with one attached hydrogen (secondary N) is 1. The molecule has 0 atom stereocenters. The second kappa shape index (κ2) is 11.4. The van der Waals surface area contributed by atoms with Gasteiger partial charge >= 0.3 is 0 Å². The normalized spacial score (nSPS) is 15.5. The van der Waals surface area contributed by atoms with Gasteiger partial charge in [0.2, 0.25) is 5.70 Å². The van der Waals surface area contributed by atoms with E-state index >= 15 is 0 Å². The first-order valence-corrected chi connectivity index (χ1v) is 12.2. The van der Waals surface area contributed by atoms with Gasteiger partial charge in [-0.3, -0.25) is 4.79 Å². The number of carbonyl (C=O) groups excluding carboxylic acids is 1. The van der Waals surface area contributed by atoms with Gasteiger partial charge in [-0.2, -0.15) is 0 Å². The highest BCUT2D eigenvalue weighted by molar-refractivity contribution is 7.73. The van der Waals surface area contributed by atoms with E-state index in [1.165, 1.54) is 28.0 Å². The Balaban J connectivity index is 1.80. The van der Waals surface area contributed by atoms with Gasteiger partial charge in [0.25, 0.3) is 6.47 Å². The van der Waals surface area contributed by atoms with Crippen LogP contribution in [-0.4, -0.2) is 27.8 Å². The van der Waals surface area contributed by atoms with Crippen LogP contribution in [0.5, 0.6) is 5.75 Å². The summed E-state index contributed by atoms with van der Waals surface area (Å²) in [7, 11) is 0. The van der Waals surface area contributed by atoms with E-state index in [-0.39, 0.29) is 0 Å². The molecule has 0 fully saturated rings. The van der Waals surface area contributed by atoms with Crippen molar-refractivity contribution in [3.05, 3.63) is 75.3 Å². The monoisotopic (exact) mass is 479 g/mol. The fourth-order valence-electron chi connectivity index (χ4n) is 4.56. The van der Waals surface area contributed by atoms with Crippen molar-refractivity contribution in [1.29, 1.82) is 0 Å². The lowest BCUT2D eigenvalue weighted by molar-refractivity contribution is -0.267. The third-order valence-corrected chi connectivity index (χ3v) is 6.95. The Hall–Kier alpha value is -2.99. The van der Waals surface area contributed by atoms with E-state index in [4.69, 9.17) is 22.3 Å². The van der Waals surface area contributed by atoms with Gasteiger partial charge in [0, 0.05) is 42.0 Å². The molecule has 0 radical (unpaired) electrons. The minimum atomic E-state index is 0.435. The maximum Gasteiger partial charge on any atom is 0.298 e. The van der Waals surface area contributed by atoms with Gasteiger partial charge < -0.3 is 14.5 Å². The number of hydrogen-bond donors (Lipinski definition) is 2. The standard InChI is InChI=1S/C28H34N2O3S/c1-7-11-22-18(3)25(29-20(22)5)16-26-19(4)23(21(6)30(26)34)14-15-32-27(8-2)24-12-9-10-13-28(24)33-17-31/h8-10,12-13,16-17,34H,7,11,14-15H2,1-6H3/p+1/b27-8+. The Bertz CT molecular complexity index is 1200. The van der Waals surface area contributed by atoms with Crippen molar-refractivity contribution >= 4 is 36.8 Å². The van der Waals surface area contributed by atoms with Crippen LogP contribution in [0, 0.1) is 13.8 Å². The number of benzene rings is 1. The first-order chi connectivity index (χ1) is 16.3. The Labute approximate surface area is 208 Å². The van der Waals surface area contributed by atoms with Crippen molar-refractivity contribution in [2.24, 2.45) is 0 Å². The molecule has 3 rings (SSSR count). The number of allylic oxidation sites excluding steroid dienone is 2. The summed E-state index contributed by atoms with van der Waals surface area (Å²) in [4.78, 5) is 14.4. The van der Waals surface area contributed by atoms with Crippen LogP contribution in [0.2, 0.25) is 0 Å². The third-order valence-electron chi connectivity index (χ3n) is 6.43. The Morgan fingerprint density at radius 2 is 1.88 bits per heavy atom. The predicted molar refractivity (Wildman–Crippen MR) is 142 cm³/mol. The molecule has 1 aliphatic rings. The van der Waals surface area contributed by atoms with Crippen molar-refractivity contribution in [2.75, 3.05) is 6.61 Å². The molecule has 1 aromatic carbocycles. The summed E-state index contributed by atoms with van der Waals surface area (Å²) in [5.41, 5.74) is 10.5. The largest absolute Gasteiger partial charge is 0.493 e. The van der Waals surface area contributed by atoms with Gasteiger partial charge in [-0.1, -0.05) is 25.5 Å². The van der Waals surface area contributed by atoms with Crippen LogP contribution >= 0.6 is 12.8 Å². The van der Waals surface area contributed by atoms with Crippen LogP contribution in [0.4, 0.5) is 0 Å². The number of carbonyl (C=O) groups is 1. The molecule has 0 saturated carbocycles. The van der Waals surface area contributed by atoms with Gasteiger partial charge in [0.15, 0.2) is 5.71 Å². The molecule has 0 saturated heterocycles. The number of ether oxygens (including phenoxy) is 2. The molecule has 1 N–H and O–H groups in total. The zero-order chi connectivity index (χ0) is 24.8.